The van der Waals surface area contributed by atoms with Crippen molar-refractivity contribution in [2.75, 3.05) is 13.9 Å². The lowest BCUT2D eigenvalue weighted by Gasteiger charge is -2.06. The average molecular weight is 268 g/mol. The van der Waals surface area contributed by atoms with Crippen LogP contribution in [0.2, 0.25) is 0 Å². The lowest BCUT2D eigenvalue weighted by Crippen LogP contribution is -1.92. The van der Waals surface area contributed by atoms with Crippen LogP contribution in [-0.4, -0.2) is 13.9 Å². The molecule has 0 amide bonds. The Morgan fingerprint density at radius 1 is 1.10 bits per heavy atom. The Morgan fingerprint density at radius 3 is 2.60 bits per heavy atom. The van der Waals surface area contributed by atoms with Gasteiger partial charge in [-0.05, 0) is 18.1 Å². The molecule has 0 spiro atoms. The van der Waals surface area contributed by atoms with E-state index in [-0.39, 0.29) is 6.79 Å². The number of hydrogen-bond acceptors (Lipinski definition) is 3. The molecule has 0 saturated heterocycles. The molecular weight excluding hydrogens is 252 g/mol. The molecule has 1 aliphatic rings. The Hall–Kier alpha value is -2.42. The summed E-state index contributed by atoms with van der Waals surface area (Å²) in [6.07, 6.45) is 5.06. The van der Waals surface area contributed by atoms with Gasteiger partial charge in [0, 0.05) is 11.6 Å². The van der Waals surface area contributed by atoms with Crippen molar-refractivity contribution in [2.24, 2.45) is 0 Å². The van der Waals surface area contributed by atoms with Crippen molar-refractivity contribution < 1.29 is 14.2 Å². The molecule has 3 nitrogen and oxygen atoms in total. The largest absolute Gasteiger partial charge is 0.496 e. The normalized spacial score (nSPS) is 12.8. The third-order valence-corrected chi connectivity index (χ3v) is 3.22. The molecule has 20 heavy (non-hydrogen) atoms. The first-order valence-corrected chi connectivity index (χ1v) is 6.55. The molecule has 0 bridgehead atoms. The molecule has 3 rings (SSSR count). The first-order chi connectivity index (χ1) is 9.86. The Morgan fingerprint density at radius 2 is 1.85 bits per heavy atom. The molecule has 3 heteroatoms. The summed E-state index contributed by atoms with van der Waals surface area (Å²) in [6, 6.07) is 14.2. The molecule has 0 unspecified atom stereocenters. The Kier molecular flexibility index (Phi) is 3.59. The van der Waals surface area contributed by atoms with E-state index >= 15 is 0 Å². The summed E-state index contributed by atoms with van der Waals surface area (Å²) in [4.78, 5) is 0. The van der Waals surface area contributed by atoms with E-state index in [1.54, 1.807) is 7.11 Å². The number of hydrogen-bond donors (Lipinski definition) is 0. The topological polar surface area (TPSA) is 27.7 Å². The smallest absolute Gasteiger partial charge is 0.231 e. The van der Waals surface area contributed by atoms with Gasteiger partial charge < -0.3 is 14.2 Å². The fraction of sp³-hybridized carbons (Fsp3) is 0.176. The highest BCUT2D eigenvalue weighted by atomic mass is 16.7. The summed E-state index contributed by atoms with van der Waals surface area (Å²) in [6.45, 7) is 0.273. The summed E-state index contributed by atoms with van der Waals surface area (Å²) in [5, 5.41) is 0. The van der Waals surface area contributed by atoms with Crippen molar-refractivity contribution >= 4 is 6.08 Å². The SMILES string of the molecule is COc1cc2c(cc1/C=C/Cc1ccccc1)OCO2. The van der Waals surface area contributed by atoms with E-state index in [0.29, 0.717) is 0 Å². The van der Waals surface area contributed by atoms with Crippen molar-refractivity contribution in [3.8, 4) is 17.2 Å². The third kappa shape index (κ3) is 2.62. The predicted molar refractivity (Wildman–Crippen MR) is 78.3 cm³/mol. The summed E-state index contributed by atoms with van der Waals surface area (Å²) in [5.41, 5.74) is 2.27. The maximum absolute atomic E-state index is 5.39. The van der Waals surface area contributed by atoms with Gasteiger partial charge in [-0.25, -0.2) is 0 Å². The van der Waals surface area contributed by atoms with Gasteiger partial charge >= 0.3 is 0 Å². The molecular formula is C17H16O3. The zero-order valence-electron chi connectivity index (χ0n) is 11.3. The molecule has 0 radical (unpaired) electrons. The number of benzene rings is 2. The van der Waals surface area contributed by atoms with E-state index in [9.17, 15) is 0 Å². The fourth-order valence-electron chi connectivity index (χ4n) is 2.18. The maximum Gasteiger partial charge on any atom is 0.231 e. The summed E-state index contributed by atoms with van der Waals surface area (Å²) < 4.78 is 16.1. The third-order valence-electron chi connectivity index (χ3n) is 3.22. The minimum Gasteiger partial charge on any atom is -0.496 e. The molecule has 0 atom stereocenters. The van der Waals surface area contributed by atoms with Gasteiger partial charge in [0.1, 0.15) is 5.75 Å². The van der Waals surface area contributed by atoms with Crippen LogP contribution in [0.25, 0.3) is 6.08 Å². The van der Waals surface area contributed by atoms with E-state index in [1.807, 2.05) is 36.4 Å². The predicted octanol–water partition coefficient (Wildman–Crippen LogP) is 3.68. The highest BCUT2D eigenvalue weighted by Crippen LogP contribution is 2.38. The standard InChI is InChI=1S/C17H16O3/c1-18-15-11-17-16(19-12-20-17)10-14(15)9-5-8-13-6-3-2-4-7-13/h2-7,9-11H,8,12H2,1H3/b9-5+. The lowest BCUT2D eigenvalue weighted by molar-refractivity contribution is 0.174. The van der Waals surface area contributed by atoms with Crippen LogP contribution in [0.5, 0.6) is 17.2 Å². The fourth-order valence-corrected chi connectivity index (χ4v) is 2.18. The monoisotopic (exact) mass is 268 g/mol. The van der Waals surface area contributed by atoms with Crippen molar-refractivity contribution in [3.05, 3.63) is 59.7 Å². The molecule has 1 heterocycles. The number of rotatable bonds is 4. The van der Waals surface area contributed by atoms with E-state index < -0.39 is 0 Å². The minimum atomic E-state index is 0.273. The molecule has 0 aliphatic carbocycles. The molecule has 2 aromatic rings. The van der Waals surface area contributed by atoms with Crippen LogP contribution in [0.15, 0.2) is 48.5 Å². The number of ether oxygens (including phenoxy) is 3. The molecule has 0 saturated carbocycles. The molecule has 0 N–H and O–H groups in total. The number of allylic oxidation sites excluding steroid dienone is 1. The van der Waals surface area contributed by atoms with Crippen LogP contribution >= 0.6 is 0 Å². The first-order valence-electron chi connectivity index (χ1n) is 6.55. The van der Waals surface area contributed by atoms with Gasteiger partial charge in [-0.1, -0.05) is 42.5 Å². The van der Waals surface area contributed by atoms with Gasteiger partial charge in [-0.2, -0.15) is 0 Å². The second-order valence-electron chi connectivity index (χ2n) is 4.54. The van der Waals surface area contributed by atoms with Gasteiger partial charge in [0.05, 0.1) is 7.11 Å². The average Bonchev–Trinajstić information content (AvgIpc) is 2.94. The molecule has 2 aromatic carbocycles. The van der Waals surface area contributed by atoms with Crippen molar-refractivity contribution in [1.82, 2.24) is 0 Å². The van der Waals surface area contributed by atoms with E-state index in [1.165, 1.54) is 5.56 Å². The summed E-state index contributed by atoms with van der Waals surface area (Å²) in [7, 11) is 1.66. The number of methoxy groups -OCH3 is 1. The second kappa shape index (κ2) is 5.70. The van der Waals surface area contributed by atoms with Crippen molar-refractivity contribution in [2.45, 2.75) is 6.42 Å². The van der Waals surface area contributed by atoms with Crippen LogP contribution in [0.1, 0.15) is 11.1 Å². The molecule has 0 fully saturated rings. The van der Waals surface area contributed by atoms with Crippen LogP contribution < -0.4 is 14.2 Å². The quantitative estimate of drug-likeness (QED) is 0.846. The molecule has 102 valence electrons. The zero-order valence-corrected chi connectivity index (χ0v) is 11.3. The Bertz CT molecular complexity index is 618. The Labute approximate surface area is 118 Å². The molecule has 1 aliphatic heterocycles. The van der Waals surface area contributed by atoms with Crippen LogP contribution in [0, 0.1) is 0 Å². The van der Waals surface area contributed by atoms with E-state index in [0.717, 1.165) is 29.2 Å². The van der Waals surface area contributed by atoms with E-state index in [4.69, 9.17) is 14.2 Å². The van der Waals surface area contributed by atoms with Gasteiger partial charge in [0.25, 0.3) is 0 Å². The van der Waals surface area contributed by atoms with Crippen molar-refractivity contribution in [3.63, 3.8) is 0 Å². The van der Waals surface area contributed by atoms with Gasteiger partial charge in [0.15, 0.2) is 11.5 Å². The molecule has 0 aromatic heterocycles. The Balaban J connectivity index is 1.80. The summed E-state index contributed by atoms with van der Waals surface area (Å²) in [5.74, 6) is 2.30. The van der Waals surface area contributed by atoms with E-state index in [2.05, 4.69) is 18.2 Å². The highest BCUT2D eigenvalue weighted by molar-refractivity contribution is 5.64. The highest BCUT2D eigenvalue weighted by Gasteiger charge is 2.16. The first kappa shape index (κ1) is 12.6. The lowest BCUT2D eigenvalue weighted by atomic mass is 10.1. The van der Waals surface area contributed by atoms with Crippen LogP contribution in [-0.2, 0) is 6.42 Å². The van der Waals surface area contributed by atoms with Crippen LogP contribution in [0.4, 0.5) is 0 Å². The number of fused-ring (bicyclic) bond motifs is 1. The zero-order chi connectivity index (χ0) is 13.8. The van der Waals surface area contributed by atoms with Gasteiger partial charge in [0.2, 0.25) is 6.79 Å². The maximum atomic E-state index is 5.39. The minimum absolute atomic E-state index is 0.273. The second-order valence-corrected chi connectivity index (χ2v) is 4.54. The van der Waals surface area contributed by atoms with Crippen molar-refractivity contribution in [1.29, 1.82) is 0 Å². The van der Waals surface area contributed by atoms with Gasteiger partial charge in [-0.15, -0.1) is 0 Å². The van der Waals surface area contributed by atoms with Crippen LogP contribution in [0.3, 0.4) is 0 Å². The van der Waals surface area contributed by atoms with Gasteiger partial charge in [-0.3, -0.25) is 0 Å². The summed E-state index contributed by atoms with van der Waals surface area (Å²) >= 11 is 0.